The molecule has 0 saturated carbocycles. The van der Waals surface area contributed by atoms with E-state index in [1.807, 2.05) is 30.3 Å². The zero-order valence-corrected chi connectivity index (χ0v) is 12.0. The van der Waals surface area contributed by atoms with Gasteiger partial charge in [0.25, 0.3) is 0 Å². The maximum absolute atomic E-state index is 13.4. The summed E-state index contributed by atoms with van der Waals surface area (Å²) in [7, 11) is 0. The van der Waals surface area contributed by atoms with Crippen molar-refractivity contribution in [1.82, 2.24) is 0 Å². The second-order valence-corrected chi connectivity index (χ2v) is 5.07. The number of nitrogens with two attached hydrogens (primary N) is 1. The molecule has 2 aromatic carbocycles. The summed E-state index contributed by atoms with van der Waals surface area (Å²) in [5.41, 5.74) is 7.35. The summed E-state index contributed by atoms with van der Waals surface area (Å²) in [5, 5.41) is 0. The van der Waals surface area contributed by atoms with Crippen LogP contribution in [0.2, 0.25) is 0 Å². The Labute approximate surface area is 120 Å². The first kappa shape index (κ1) is 14.0. The Balaban J connectivity index is 2.09. The Morgan fingerprint density at radius 3 is 2.68 bits per heavy atom. The lowest BCUT2D eigenvalue weighted by molar-refractivity contribution is 0.303. The first-order valence-electron chi connectivity index (χ1n) is 6.05. The minimum Gasteiger partial charge on any atom is -0.489 e. The van der Waals surface area contributed by atoms with Crippen LogP contribution in [0.25, 0.3) is 0 Å². The zero-order valence-electron chi connectivity index (χ0n) is 10.4. The number of benzene rings is 2. The van der Waals surface area contributed by atoms with Crippen molar-refractivity contribution in [3.63, 3.8) is 0 Å². The minimum absolute atomic E-state index is 0.298. The van der Waals surface area contributed by atoms with Crippen molar-refractivity contribution >= 4 is 15.9 Å². The molecule has 0 amide bonds. The predicted octanol–water partition coefficient (Wildman–Crippen LogP) is 3.67. The molecule has 2 aromatic rings. The minimum atomic E-state index is -0.298. The highest BCUT2D eigenvalue weighted by atomic mass is 79.9. The highest BCUT2D eigenvalue weighted by Crippen LogP contribution is 2.21. The van der Waals surface area contributed by atoms with Gasteiger partial charge in [0.2, 0.25) is 0 Å². The second kappa shape index (κ2) is 6.68. The van der Waals surface area contributed by atoms with Gasteiger partial charge in [-0.2, -0.15) is 0 Å². The lowest BCUT2D eigenvalue weighted by Gasteiger charge is -2.09. The van der Waals surface area contributed by atoms with E-state index in [1.165, 1.54) is 12.1 Å². The second-order valence-electron chi connectivity index (χ2n) is 4.21. The van der Waals surface area contributed by atoms with Crippen LogP contribution in [-0.2, 0) is 13.0 Å². The van der Waals surface area contributed by atoms with Crippen LogP contribution in [0.1, 0.15) is 11.1 Å². The molecule has 0 spiro atoms. The van der Waals surface area contributed by atoms with Gasteiger partial charge < -0.3 is 10.5 Å². The van der Waals surface area contributed by atoms with E-state index in [1.54, 1.807) is 0 Å². The molecule has 2 nitrogen and oxygen atoms in total. The van der Waals surface area contributed by atoms with Crippen molar-refractivity contribution in [3.05, 3.63) is 63.9 Å². The molecular weight excluding hydrogens is 309 g/mol. The molecule has 0 aliphatic heterocycles. The van der Waals surface area contributed by atoms with Crippen molar-refractivity contribution in [1.29, 1.82) is 0 Å². The summed E-state index contributed by atoms with van der Waals surface area (Å²) in [6, 6.07) is 12.5. The van der Waals surface area contributed by atoms with Crippen LogP contribution in [0.5, 0.6) is 5.75 Å². The van der Waals surface area contributed by atoms with Gasteiger partial charge in [-0.05, 0) is 36.7 Å². The lowest BCUT2D eigenvalue weighted by atomic mass is 10.1. The fourth-order valence-electron chi connectivity index (χ4n) is 1.79. The van der Waals surface area contributed by atoms with Crippen LogP contribution in [0, 0.1) is 5.82 Å². The highest BCUT2D eigenvalue weighted by Gasteiger charge is 2.04. The smallest absolute Gasteiger partial charge is 0.127 e. The highest BCUT2D eigenvalue weighted by molar-refractivity contribution is 9.10. The van der Waals surface area contributed by atoms with Crippen LogP contribution < -0.4 is 10.5 Å². The molecule has 4 heteroatoms. The Morgan fingerprint density at radius 2 is 1.95 bits per heavy atom. The van der Waals surface area contributed by atoms with Crippen LogP contribution in [0.15, 0.2) is 46.9 Å². The molecular formula is C15H15BrFNO. The topological polar surface area (TPSA) is 35.2 Å². The van der Waals surface area contributed by atoms with Gasteiger partial charge in [0.15, 0.2) is 0 Å². The van der Waals surface area contributed by atoms with E-state index in [2.05, 4.69) is 15.9 Å². The fourth-order valence-corrected chi connectivity index (χ4v) is 2.19. The Hall–Kier alpha value is -1.39. The van der Waals surface area contributed by atoms with Crippen molar-refractivity contribution in [2.45, 2.75) is 13.0 Å². The molecule has 0 aliphatic rings. The van der Waals surface area contributed by atoms with E-state index < -0.39 is 0 Å². The van der Waals surface area contributed by atoms with E-state index in [9.17, 15) is 4.39 Å². The van der Waals surface area contributed by atoms with Gasteiger partial charge in [-0.3, -0.25) is 0 Å². The normalized spacial score (nSPS) is 10.5. The Bertz CT molecular complexity index is 560. The van der Waals surface area contributed by atoms with E-state index in [0.29, 0.717) is 25.3 Å². The summed E-state index contributed by atoms with van der Waals surface area (Å²) in [5.74, 6) is 0.229. The van der Waals surface area contributed by atoms with Crippen molar-refractivity contribution < 1.29 is 9.13 Å². The standard InChI is InChI=1S/C15H15BrFNO/c16-15-4-2-1-3-12(15)10-19-14-8-11(5-6-18)7-13(17)9-14/h1-4,7-9H,5-6,10,18H2. The average molecular weight is 324 g/mol. The summed E-state index contributed by atoms with van der Waals surface area (Å²) < 4.78 is 20.0. The number of hydrogen-bond donors (Lipinski definition) is 1. The van der Waals surface area contributed by atoms with Crippen LogP contribution in [0.4, 0.5) is 4.39 Å². The molecule has 2 N–H and O–H groups in total. The average Bonchev–Trinajstić information content (AvgIpc) is 2.37. The van der Waals surface area contributed by atoms with Gasteiger partial charge in [0.1, 0.15) is 18.2 Å². The van der Waals surface area contributed by atoms with E-state index in [-0.39, 0.29) is 5.82 Å². The van der Waals surface area contributed by atoms with Gasteiger partial charge in [-0.1, -0.05) is 34.1 Å². The monoisotopic (exact) mass is 323 g/mol. The summed E-state index contributed by atoms with van der Waals surface area (Å²) in [4.78, 5) is 0. The van der Waals surface area contributed by atoms with Crippen molar-refractivity contribution in [3.8, 4) is 5.75 Å². The summed E-state index contributed by atoms with van der Waals surface area (Å²) in [6.07, 6.45) is 0.642. The third kappa shape index (κ3) is 4.04. The zero-order chi connectivity index (χ0) is 13.7. The molecule has 0 unspecified atom stereocenters. The van der Waals surface area contributed by atoms with Gasteiger partial charge in [-0.15, -0.1) is 0 Å². The molecule has 0 aromatic heterocycles. The Morgan fingerprint density at radius 1 is 1.16 bits per heavy atom. The van der Waals surface area contributed by atoms with E-state index in [4.69, 9.17) is 10.5 Å². The number of hydrogen-bond acceptors (Lipinski definition) is 2. The molecule has 0 fully saturated rings. The molecule has 100 valence electrons. The third-order valence-electron chi connectivity index (χ3n) is 2.72. The first-order chi connectivity index (χ1) is 9.19. The van der Waals surface area contributed by atoms with Gasteiger partial charge in [0.05, 0.1) is 0 Å². The van der Waals surface area contributed by atoms with E-state index >= 15 is 0 Å². The van der Waals surface area contributed by atoms with Gasteiger partial charge in [0, 0.05) is 16.1 Å². The number of rotatable bonds is 5. The van der Waals surface area contributed by atoms with Gasteiger partial charge in [-0.25, -0.2) is 4.39 Å². The number of ether oxygens (including phenoxy) is 1. The molecule has 0 bridgehead atoms. The van der Waals surface area contributed by atoms with Crippen LogP contribution in [-0.4, -0.2) is 6.54 Å². The van der Waals surface area contributed by atoms with Crippen LogP contribution >= 0.6 is 15.9 Å². The van der Waals surface area contributed by atoms with Crippen molar-refractivity contribution in [2.75, 3.05) is 6.54 Å². The molecule has 19 heavy (non-hydrogen) atoms. The van der Waals surface area contributed by atoms with E-state index in [0.717, 1.165) is 15.6 Å². The predicted molar refractivity (Wildman–Crippen MR) is 77.6 cm³/mol. The SMILES string of the molecule is NCCc1cc(F)cc(OCc2ccccc2Br)c1. The Kier molecular flexibility index (Phi) is 4.93. The first-order valence-corrected chi connectivity index (χ1v) is 6.84. The fraction of sp³-hybridized carbons (Fsp3) is 0.200. The van der Waals surface area contributed by atoms with Crippen molar-refractivity contribution in [2.24, 2.45) is 5.73 Å². The summed E-state index contributed by atoms with van der Waals surface area (Å²) >= 11 is 3.45. The summed E-state index contributed by atoms with van der Waals surface area (Å²) in [6.45, 7) is 0.889. The molecule has 0 aliphatic carbocycles. The maximum atomic E-state index is 13.4. The molecule has 0 radical (unpaired) electrons. The van der Waals surface area contributed by atoms with Gasteiger partial charge >= 0.3 is 0 Å². The molecule has 0 saturated heterocycles. The number of halogens is 2. The lowest BCUT2D eigenvalue weighted by Crippen LogP contribution is -2.04. The van der Waals surface area contributed by atoms with Crippen LogP contribution in [0.3, 0.4) is 0 Å². The largest absolute Gasteiger partial charge is 0.489 e. The molecule has 0 atom stereocenters. The molecule has 2 rings (SSSR count). The quantitative estimate of drug-likeness (QED) is 0.911. The molecule has 0 heterocycles. The maximum Gasteiger partial charge on any atom is 0.127 e. The third-order valence-corrected chi connectivity index (χ3v) is 3.49.